The van der Waals surface area contributed by atoms with Gasteiger partial charge in [-0.15, -0.1) is 0 Å². The maximum Gasteiger partial charge on any atom is 0.288 e. The average Bonchev–Trinajstić information content (AvgIpc) is 3.04. The van der Waals surface area contributed by atoms with Crippen LogP contribution >= 0.6 is 0 Å². The highest BCUT2D eigenvalue weighted by Crippen LogP contribution is 2.20. The van der Waals surface area contributed by atoms with Gasteiger partial charge in [-0.25, -0.2) is 9.19 Å². The lowest BCUT2D eigenvalue weighted by Crippen LogP contribution is -2.08. The molecule has 0 aliphatic carbocycles. The summed E-state index contributed by atoms with van der Waals surface area (Å²) in [4.78, 5) is 4.20. The van der Waals surface area contributed by atoms with Gasteiger partial charge in [0.25, 0.3) is 5.22 Å². The fraction of sp³-hybridized carbons (Fsp3) is 0.167. The van der Waals surface area contributed by atoms with E-state index in [1.807, 2.05) is 12.3 Å². The number of fused-ring (bicyclic) bond motifs is 1. The predicted molar refractivity (Wildman–Crippen MR) is 71.9 cm³/mol. The van der Waals surface area contributed by atoms with E-state index in [1.54, 1.807) is 29.1 Å². The van der Waals surface area contributed by atoms with E-state index in [2.05, 4.69) is 10.1 Å². The van der Waals surface area contributed by atoms with E-state index < -0.39 is 10.8 Å². The molecule has 0 saturated carbocycles. The standard InChI is InChI=1S/C12H12N4O2S/c13-9-2-3-10-11(8-9)18-12(15-10)19(17)7-6-16-5-1-4-14-16/h1-5,8H,6-7,13H2. The molecule has 2 aromatic heterocycles. The van der Waals surface area contributed by atoms with E-state index in [0.29, 0.717) is 29.1 Å². The van der Waals surface area contributed by atoms with Crippen LogP contribution in [0.15, 0.2) is 46.3 Å². The number of nitrogen functional groups attached to an aromatic ring is 1. The molecule has 2 N–H and O–H groups in total. The van der Waals surface area contributed by atoms with Crippen LogP contribution in [0.2, 0.25) is 0 Å². The molecule has 0 fully saturated rings. The molecule has 19 heavy (non-hydrogen) atoms. The summed E-state index contributed by atoms with van der Waals surface area (Å²) in [5, 5.41) is 4.28. The molecule has 6 nitrogen and oxygen atoms in total. The van der Waals surface area contributed by atoms with Crippen LogP contribution in [0.4, 0.5) is 5.69 Å². The second kappa shape index (κ2) is 4.85. The maximum atomic E-state index is 12.1. The fourth-order valence-electron chi connectivity index (χ4n) is 1.71. The van der Waals surface area contributed by atoms with Gasteiger partial charge >= 0.3 is 0 Å². The lowest BCUT2D eigenvalue weighted by Gasteiger charge is -1.98. The first-order valence-corrected chi connectivity index (χ1v) is 7.06. The quantitative estimate of drug-likeness (QED) is 0.728. The lowest BCUT2D eigenvalue weighted by molar-refractivity contribution is 0.476. The molecule has 0 amide bonds. The van der Waals surface area contributed by atoms with Crippen LogP contribution in [0.5, 0.6) is 0 Å². The molecule has 0 spiro atoms. The Morgan fingerprint density at radius 1 is 1.42 bits per heavy atom. The van der Waals surface area contributed by atoms with Crippen molar-refractivity contribution in [3.8, 4) is 0 Å². The Kier molecular flexibility index (Phi) is 3.04. The number of aromatic nitrogens is 3. The van der Waals surface area contributed by atoms with Crippen molar-refractivity contribution >= 4 is 27.6 Å². The number of nitrogens with zero attached hydrogens (tertiary/aromatic N) is 3. The molecule has 7 heteroatoms. The molecule has 0 bridgehead atoms. The first-order valence-electron chi connectivity index (χ1n) is 5.74. The highest BCUT2D eigenvalue weighted by Gasteiger charge is 2.13. The summed E-state index contributed by atoms with van der Waals surface area (Å²) in [6.07, 6.45) is 3.51. The molecule has 98 valence electrons. The Balaban J connectivity index is 1.77. The zero-order chi connectivity index (χ0) is 13.2. The highest BCUT2D eigenvalue weighted by atomic mass is 32.2. The number of nitrogens with two attached hydrogens (primary N) is 1. The van der Waals surface area contributed by atoms with E-state index >= 15 is 0 Å². The van der Waals surface area contributed by atoms with Crippen molar-refractivity contribution in [2.75, 3.05) is 11.5 Å². The number of aryl methyl sites for hydroxylation is 1. The summed E-state index contributed by atoms with van der Waals surface area (Å²) >= 11 is 0. The van der Waals surface area contributed by atoms with Gasteiger partial charge in [0, 0.05) is 24.1 Å². The van der Waals surface area contributed by atoms with Crippen molar-refractivity contribution in [2.24, 2.45) is 0 Å². The monoisotopic (exact) mass is 276 g/mol. The maximum absolute atomic E-state index is 12.1. The largest absolute Gasteiger partial charge is 0.430 e. The average molecular weight is 276 g/mol. The van der Waals surface area contributed by atoms with Crippen molar-refractivity contribution in [3.63, 3.8) is 0 Å². The molecule has 2 heterocycles. The summed E-state index contributed by atoms with van der Waals surface area (Å²) < 4.78 is 19.3. The molecular formula is C12H12N4O2S. The second-order valence-corrected chi connectivity index (χ2v) is 5.47. The number of hydrogen-bond donors (Lipinski definition) is 1. The summed E-state index contributed by atoms with van der Waals surface area (Å²) in [6.45, 7) is 0.556. The van der Waals surface area contributed by atoms with E-state index in [0.717, 1.165) is 0 Å². The van der Waals surface area contributed by atoms with Crippen LogP contribution in [0.25, 0.3) is 11.1 Å². The summed E-state index contributed by atoms with van der Waals surface area (Å²) in [5.74, 6) is 0.407. The number of anilines is 1. The highest BCUT2D eigenvalue weighted by molar-refractivity contribution is 7.84. The molecule has 1 unspecified atom stereocenters. The van der Waals surface area contributed by atoms with Gasteiger partial charge in [0.1, 0.15) is 16.3 Å². The van der Waals surface area contributed by atoms with Gasteiger partial charge in [0.2, 0.25) is 0 Å². The van der Waals surface area contributed by atoms with Crippen LogP contribution in [-0.4, -0.2) is 24.7 Å². The number of hydrogen-bond acceptors (Lipinski definition) is 5. The summed E-state index contributed by atoms with van der Waals surface area (Å²) in [6, 6.07) is 6.99. The zero-order valence-corrected chi connectivity index (χ0v) is 10.8. The summed E-state index contributed by atoms with van der Waals surface area (Å²) in [7, 11) is -1.29. The number of benzene rings is 1. The topological polar surface area (TPSA) is 86.9 Å². The first-order chi connectivity index (χ1) is 9.22. The SMILES string of the molecule is Nc1ccc2nc(S(=O)CCn3cccn3)oc2c1. The molecule has 3 aromatic rings. The predicted octanol–water partition coefficient (Wildman–Crippen LogP) is 1.41. The van der Waals surface area contributed by atoms with Crippen LogP contribution in [0.3, 0.4) is 0 Å². The van der Waals surface area contributed by atoms with Crippen molar-refractivity contribution in [2.45, 2.75) is 11.8 Å². The Labute approximate surface area is 111 Å². The van der Waals surface area contributed by atoms with Gasteiger partial charge in [-0.05, 0) is 18.2 Å². The molecule has 1 atom stereocenters. The van der Waals surface area contributed by atoms with Crippen molar-refractivity contribution in [3.05, 3.63) is 36.7 Å². The molecule has 1 aromatic carbocycles. The van der Waals surface area contributed by atoms with Gasteiger partial charge in [-0.1, -0.05) is 0 Å². The minimum absolute atomic E-state index is 0.229. The third-order valence-electron chi connectivity index (χ3n) is 2.65. The Bertz CT molecular complexity index is 720. The van der Waals surface area contributed by atoms with Crippen LogP contribution in [0, 0.1) is 0 Å². The van der Waals surface area contributed by atoms with Crippen LogP contribution in [0.1, 0.15) is 0 Å². The van der Waals surface area contributed by atoms with Crippen molar-refractivity contribution < 1.29 is 8.63 Å². The molecule has 0 saturated heterocycles. The third kappa shape index (κ3) is 2.50. The molecule has 0 aliphatic rings. The minimum Gasteiger partial charge on any atom is -0.430 e. The van der Waals surface area contributed by atoms with E-state index in [4.69, 9.17) is 10.2 Å². The second-order valence-electron chi connectivity index (χ2n) is 4.03. The first kappa shape index (κ1) is 11.9. The van der Waals surface area contributed by atoms with Crippen molar-refractivity contribution in [1.82, 2.24) is 14.8 Å². The lowest BCUT2D eigenvalue weighted by atomic mass is 10.3. The Hall–Kier alpha value is -2.15. The van der Waals surface area contributed by atoms with Crippen molar-refractivity contribution in [1.29, 1.82) is 0 Å². The van der Waals surface area contributed by atoms with Crippen LogP contribution in [-0.2, 0) is 17.3 Å². The Morgan fingerprint density at radius 2 is 2.32 bits per heavy atom. The zero-order valence-electron chi connectivity index (χ0n) is 10.0. The smallest absolute Gasteiger partial charge is 0.288 e. The van der Waals surface area contributed by atoms with Gasteiger partial charge in [0.15, 0.2) is 5.58 Å². The van der Waals surface area contributed by atoms with E-state index in [9.17, 15) is 4.21 Å². The fourth-order valence-corrected chi connectivity index (χ4v) is 2.62. The normalized spacial score (nSPS) is 12.8. The molecular weight excluding hydrogens is 264 g/mol. The minimum atomic E-state index is -1.29. The van der Waals surface area contributed by atoms with Gasteiger partial charge in [0.05, 0.1) is 12.3 Å². The van der Waals surface area contributed by atoms with Crippen LogP contribution < -0.4 is 5.73 Å². The molecule has 0 radical (unpaired) electrons. The van der Waals surface area contributed by atoms with Gasteiger partial charge < -0.3 is 10.2 Å². The van der Waals surface area contributed by atoms with Gasteiger partial charge in [-0.3, -0.25) is 4.68 Å². The number of oxazole rings is 1. The third-order valence-corrected chi connectivity index (χ3v) is 3.77. The molecule has 3 rings (SSSR count). The van der Waals surface area contributed by atoms with Gasteiger partial charge in [-0.2, -0.15) is 5.10 Å². The Morgan fingerprint density at radius 3 is 3.11 bits per heavy atom. The number of rotatable bonds is 4. The summed E-state index contributed by atoms with van der Waals surface area (Å²) in [5.41, 5.74) is 7.47. The van der Waals surface area contributed by atoms with E-state index in [1.165, 1.54) is 0 Å². The van der Waals surface area contributed by atoms with E-state index in [-0.39, 0.29) is 5.22 Å². The molecule has 0 aliphatic heterocycles.